The number of hydrogen-bond donors (Lipinski definition) is 0. The third kappa shape index (κ3) is 4.40. The van der Waals surface area contributed by atoms with Crippen LogP contribution in [0.25, 0.3) is 0 Å². The Bertz CT molecular complexity index is 641. The van der Waals surface area contributed by atoms with Crippen LogP contribution in [0.1, 0.15) is 10.4 Å². The van der Waals surface area contributed by atoms with Crippen LogP contribution in [-0.4, -0.2) is 62.4 Å². The number of carbonyl (C=O) groups is 1. The van der Waals surface area contributed by atoms with Crippen LogP contribution >= 0.6 is 23.2 Å². The number of carbonyl (C=O) groups excluding carboxylic acids is 1. The maximum absolute atomic E-state index is 12.2. The van der Waals surface area contributed by atoms with Crippen LogP contribution in [-0.2, 0) is 10.0 Å². The molecule has 8 heteroatoms. The molecule has 1 aliphatic rings. The molecule has 1 saturated heterocycles. The number of rotatable bonds is 4. The van der Waals surface area contributed by atoms with Gasteiger partial charge in [0.15, 0.2) is 5.78 Å². The molecule has 0 spiro atoms. The van der Waals surface area contributed by atoms with E-state index in [2.05, 4.69) is 0 Å². The number of benzene rings is 1. The second kappa shape index (κ2) is 6.62. The zero-order valence-corrected chi connectivity index (χ0v) is 13.9. The summed E-state index contributed by atoms with van der Waals surface area (Å²) in [6, 6.07) is 4.78. The largest absolute Gasteiger partial charge is 0.293 e. The summed E-state index contributed by atoms with van der Waals surface area (Å²) in [5.74, 6) is -0.0931. The summed E-state index contributed by atoms with van der Waals surface area (Å²) in [5.41, 5.74) is 0.437. The van der Waals surface area contributed by atoms with Crippen LogP contribution in [0.2, 0.25) is 10.0 Å². The first-order valence-corrected chi connectivity index (χ1v) is 9.03. The van der Waals surface area contributed by atoms with E-state index < -0.39 is 10.0 Å². The van der Waals surface area contributed by atoms with Crippen molar-refractivity contribution < 1.29 is 13.2 Å². The minimum atomic E-state index is -3.16. The van der Waals surface area contributed by atoms with Crippen LogP contribution in [0.5, 0.6) is 0 Å². The Kier molecular flexibility index (Phi) is 5.27. The summed E-state index contributed by atoms with van der Waals surface area (Å²) < 4.78 is 24.3. The molecule has 0 N–H and O–H groups in total. The van der Waals surface area contributed by atoms with Crippen molar-refractivity contribution in [3.05, 3.63) is 33.8 Å². The van der Waals surface area contributed by atoms with Crippen LogP contribution in [0.3, 0.4) is 0 Å². The molecular weight excluding hydrogens is 335 g/mol. The van der Waals surface area contributed by atoms with E-state index in [1.807, 2.05) is 4.90 Å². The van der Waals surface area contributed by atoms with Crippen LogP contribution in [0, 0.1) is 0 Å². The van der Waals surface area contributed by atoms with E-state index in [0.717, 1.165) is 0 Å². The number of hydrogen-bond acceptors (Lipinski definition) is 4. The lowest BCUT2D eigenvalue weighted by molar-refractivity contribution is 0.0902. The lowest BCUT2D eigenvalue weighted by Crippen LogP contribution is -2.49. The van der Waals surface area contributed by atoms with Gasteiger partial charge in [0.1, 0.15) is 0 Å². The fourth-order valence-corrected chi connectivity index (χ4v) is 3.56. The maximum atomic E-state index is 12.2. The van der Waals surface area contributed by atoms with E-state index in [9.17, 15) is 13.2 Å². The van der Waals surface area contributed by atoms with Crippen LogP contribution in [0.15, 0.2) is 18.2 Å². The fourth-order valence-electron chi connectivity index (χ4n) is 2.22. The summed E-state index contributed by atoms with van der Waals surface area (Å²) in [7, 11) is -3.16. The zero-order valence-electron chi connectivity index (χ0n) is 11.6. The number of ketones is 1. The standard InChI is InChI=1S/C13H16Cl2N2O3S/c1-21(19,20)17-6-4-16(5-7-17)9-13(18)11-3-2-10(14)8-12(11)15/h2-3,8H,4-7,9H2,1H3. The van der Waals surface area contributed by atoms with Gasteiger partial charge < -0.3 is 0 Å². The second-order valence-corrected chi connectivity index (χ2v) is 7.81. The summed E-state index contributed by atoms with van der Waals surface area (Å²) in [6.07, 6.45) is 1.20. The Morgan fingerprint density at radius 1 is 1.19 bits per heavy atom. The van der Waals surface area contributed by atoms with Gasteiger partial charge in [-0.15, -0.1) is 0 Å². The third-order valence-corrected chi connectivity index (χ3v) is 5.25. The maximum Gasteiger partial charge on any atom is 0.211 e. The first kappa shape index (κ1) is 16.7. The summed E-state index contributed by atoms with van der Waals surface area (Å²) >= 11 is 11.8. The van der Waals surface area contributed by atoms with Crippen molar-refractivity contribution in [1.29, 1.82) is 0 Å². The first-order chi connectivity index (χ1) is 9.77. The van der Waals surface area contributed by atoms with Crippen molar-refractivity contribution in [3.63, 3.8) is 0 Å². The highest BCUT2D eigenvalue weighted by atomic mass is 35.5. The molecule has 0 amide bonds. The van der Waals surface area contributed by atoms with Gasteiger partial charge in [-0.2, -0.15) is 4.31 Å². The van der Waals surface area contributed by atoms with Gasteiger partial charge in [0.25, 0.3) is 0 Å². The predicted molar refractivity (Wildman–Crippen MR) is 83.6 cm³/mol. The van der Waals surface area contributed by atoms with Gasteiger partial charge in [0.2, 0.25) is 10.0 Å². The van der Waals surface area contributed by atoms with E-state index in [1.54, 1.807) is 12.1 Å². The molecule has 1 aliphatic heterocycles. The average Bonchev–Trinajstić information content (AvgIpc) is 2.38. The molecule has 21 heavy (non-hydrogen) atoms. The molecule has 0 unspecified atom stereocenters. The summed E-state index contributed by atoms with van der Waals surface area (Å²) in [5, 5.41) is 0.820. The summed E-state index contributed by atoms with van der Waals surface area (Å²) in [4.78, 5) is 14.1. The highest BCUT2D eigenvalue weighted by Gasteiger charge is 2.25. The molecule has 116 valence electrons. The molecule has 2 rings (SSSR count). The smallest absolute Gasteiger partial charge is 0.211 e. The molecule has 0 aromatic heterocycles. The molecule has 1 aromatic carbocycles. The molecule has 0 radical (unpaired) electrons. The Labute approximate surface area is 134 Å². The van der Waals surface area contributed by atoms with Crippen molar-refractivity contribution in [3.8, 4) is 0 Å². The van der Waals surface area contributed by atoms with E-state index in [1.165, 1.54) is 16.6 Å². The first-order valence-electron chi connectivity index (χ1n) is 6.43. The highest BCUT2D eigenvalue weighted by Crippen LogP contribution is 2.21. The molecule has 1 fully saturated rings. The van der Waals surface area contributed by atoms with Gasteiger partial charge in [-0.3, -0.25) is 9.69 Å². The minimum Gasteiger partial charge on any atom is -0.293 e. The molecule has 0 saturated carbocycles. The number of nitrogens with zero attached hydrogens (tertiary/aromatic N) is 2. The SMILES string of the molecule is CS(=O)(=O)N1CCN(CC(=O)c2ccc(Cl)cc2Cl)CC1. The molecule has 0 bridgehead atoms. The van der Waals surface area contributed by atoms with Gasteiger partial charge >= 0.3 is 0 Å². The molecule has 1 heterocycles. The normalized spacial score (nSPS) is 17.9. The summed E-state index contributed by atoms with van der Waals surface area (Å²) in [6.45, 7) is 2.09. The lowest BCUT2D eigenvalue weighted by atomic mass is 10.1. The monoisotopic (exact) mass is 350 g/mol. The Hall–Kier alpha value is -0.660. The van der Waals surface area contributed by atoms with E-state index >= 15 is 0 Å². The molecule has 5 nitrogen and oxygen atoms in total. The van der Waals surface area contributed by atoms with E-state index in [-0.39, 0.29) is 12.3 Å². The second-order valence-electron chi connectivity index (χ2n) is 4.99. The molecule has 0 aliphatic carbocycles. The Morgan fingerprint density at radius 2 is 1.81 bits per heavy atom. The number of halogens is 2. The van der Waals surface area contributed by atoms with Gasteiger partial charge in [-0.05, 0) is 18.2 Å². The van der Waals surface area contributed by atoms with Gasteiger partial charge in [-0.1, -0.05) is 23.2 Å². The fraction of sp³-hybridized carbons (Fsp3) is 0.462. The molecule has 0 atom stereocenters. The van der Waals surface area contributed by atoms with Crippen molar-refractivity contribution in [2.75, 3.05) is 39.0 Å². The van der Waals surface area contributed by atoms with Gasteiger partial charge in [0, 0.05) is 36.8 Å². The zero-order chi connectivity index (χ0) is 15.6. The van der Waals surface area contributed by atoms with E-state index in [0.29, 0.717) is 41.8 Å². The highest BCUT2D eigenvalue weighted by molar-refractivity contribution is 7.88. The minimum absolute atomic E-state index is 0.0931. The number of piperazine rings is 1. The van der Waals surface area contributed by atoms with Gasteiger partial charge in [-0.25, -0.2) is 8.42 Å². The third-order valence-electron chi connectivity index (χ3n) is 3.40. The topological polar surface area (TPSA) is 57.7 Å². The lowest BCUT2D eigenvalue weighted by Gasteiger charge is -2.32. The van der Waals surface area contributed by atoms with Crippen molar-refractivity contribution in [2.45, 2.75) is 0 Å². The Balaban J connectivity index is 1.96. The van der Waals surface area contributed by atoms with Crippen LogP contribution in [0.4, 0.5) is 0 Å². The van der Waals surface area contributed by atoms with Gasteiger partial charge in [0.05, 0.1) is 17.8 Å². The van der Waals surface area contributed by atoms with Crippen LogP contribution < -0.4 is 0 Å². The van der Waals surface area contributed by atoms with Crippen molar-refractivity contribution in [1.82, 2.24) is 9.21 Å². The molecular formula is C13H16Cl2N2O3S. The van der Waals surface area contributed by atoms with Crippen molar-refractivity contribution in [2.24, 2.45) is 0 Å². The Morgan fingerprint density at radius 3 is 2.33 bits per heavy atom. The van der Waals surface area contributed by atoms with E-state index in [4.69, 9.17) is 23.2 Å². The number of Topliss-reactive ketones (excluding diaryl/α,β-unsaturated/α-hetero) is 1. The number of sulfonamides is 1. The molecule has 1 aromatic rings. The predicted octanol–water partition coefficient (Wildman–Crippen LogP) is 1.75. The average molecular weight is 351 g/mol. The van der Waals surface area contributed by atoms with Crippen molar-refractivity contribution >= 4 is 39.0 Å². The quantitative estimate of drug-likeness (QED) is 0.776.